The van der Waals surface area contributed by atoms with Gasteiger partial charge in [-0.15, -0.1) is 11.3 Å². The van der Waals surface area contributed by atoms with Gasteiger partial charge in [-0.25, -0.2) is 4.98 Å². The lowest BCUT2D eigenvalue weighted by atomic mass is 10.1. The van der Waals surface area contributed by atoms with Crippen molar-refractivity contribution < 1.29 is 9.32 Å². The average Bonchev–Trinajstić information content (AvgIpc) is 3.34. The van der Waals surface area contributed by atoms with Crippen molar-refractivity contribution in [2.75, 3.05) is 31.5 Å². The molecule has 0 aliphatic carbocycles. The number of hydrogen-bond acceptors (Lipinski definition) is 7. The minimum atomic E-state index is -0.160. The molecular weight excluding hydrogens is 386 g/mol. The summed E-state index contributed by atoms with van der Waals surface area (Å²) in [5, 5.41) is 7.90. The molecule has 1 saturated heterocycles. The molecule has 154 valence electrons. The van der Waals surface area contributed by atoms with Crippen LogP contribution in [0.3, 0.4) is 0 Å². The fraction of sp³-hybridized carbons (Fsp3) is 0.476. The maximum atomic E-state index is 12.7. The van der Waals surface area contributed by atoms with E-state index in [0.29, 0.717) is 11.6 Å². The molecule has 1 aliphatic rings. The van der Waals surface area contributed by atoms with E-state index in [1.54, 1.807) is 17.4 Å². The molecular formula is C21H27N5O2S. The van der Waals surface area contributed by atoms with Gasteiger partial charge in [0.15, 0.2) is 5.82 Å². The van der Waals surface area contributed by atoms with E-state index >= 15 is 0 Å². The van der Waals surface area contributed by atoms with Crippen LogP contribution in [0.2, 0.25) is 0 Å². The molecule has 29 heavy (non-hydrogen) atoms. The van der Waals surface area contributed by atoms with Crippen LogP contribution in [0.4, 0.5) is 5.82 Å². The largest absolute Gasteiger partial charge is 0.360 e. The minimum Gasteiger partial charge on any atom is -0.360 e. The smallest absolute Gasteiger partial charge is 0.242 e. The van der Waals surface area contributed by atoms with Crippen LogP contribution in [0.15, 0.2) is 34.9 Å². The third kappa shape index (κ3) is 4.34. The summed E-state index contributed by atoms with van der Waals surface area (Å²) in [4.78, 5) is 22.3. The Balaban J connectivity index is 1.36. The van der Waals surface area contributed by atoms with Crippen molar-refractivity contribution >= 4 is 33.3 Å². The Morgan fingerprint density at radius 2 is 1.97 bits per heavy atom. The Labute approximate surface area is 174 Å². The zero-order valence-electron chi connectivity index (χ0n) is 17.1. The molecule has 1 aromatic carbocycles. The Kier molecular flexibility index (Phi) is 5.94. The molecule has 0 saturated carbocycles. The Morgan fingerprint density at radius 3 is 2.62 bits per heavy atom. The van der Waals surface area contributed by atoms with E-state index in [1.807, 2.05) is 13.0 Å². The first kappa shape index (κ1) is 20.0. The summed E-state index contributed by atoms with van der Waals surface area (Å²) in [6, 6.07) is 10.1. The average molecular weight is 414 g/mol. The van der Waals surface area contributed by atoms with E-state index < -0.39 is 0 Å². The molecule has 2 unspecified atom stereocenters. The van der Waals surface area contributed by atoms with Gasteiger partial charge in [0.25, 0.3) is 0 Å². The SMILES string of the molecule is CCC(C(=O)Nc1cc(C)on1)N1CCN(C(C)c2nc3ccccc3s2)CC1. The predicted molar refractivity (Wildman–Crippen MR) is 115 cm³/mol. The van der Waals surface area contributed by atoms with Gasteiger partial charge in [0.05, 0.1) is 22.3 Å². The molecule has 1 N–H and O–H groups in total. The van der Waals surface area contributed by atoms with Crippen LogP contribution in [0, 0.1) is 6.92 Å². The Hall–Kier alpha value is -2.29. The van der Waals surface area contributed by atoms with Crippen molar-refractivity contribution in [3.05, 3.63) is 41.1 Å². The molecule has 3 heterocycles. The van der Waals surface area contributed by atoms with E-state index in [0.717, 1.165) is 43.1 Å². The zero-order valence-corrected chi connectivity index (χ0v) is 17.9. The van der Waals surface area contributed by atoms with Crippen molar-refractivity contribution in [3.63, 3.8) is 0 Å². The quantitative estimate of drug-likeness (QED) is 0.664. The Morgan fingerprint density at radius 1 is 1.24 bits per heavy atom. The van der Waals surface area contributed by atoms with Gasteiger partial charge in [-0.05, 0) is 32.4 Å². The number of thiazole rings is 1. The first-order valence-electron chi connectivity index (χ1n) is 10.1. The maximum absolute atomic E-state index is 12.7. The highest BCUT2D eigenvalue weighted by molar-refractivity contribution is 7.18. The van der Waals surface area contributed by atoms with Gasteiger partial charge < -0.3 is 9.84 Å². The van der Waals surface area contributed by atoms with Crippen molar-refractivity contribution in [3.8, 4) is 0 Å². The van der Waals surface area contributed by atoms with Gasteiger partial charge in [0.1, 0.15) is 10.8 Å². The van der Waals surface area contributed by atoms with Crippen molar-refractivity contribution in [2.24, 2.45) is 0 Å². The highest BCUT2D eigenvalue weighted by Crippen LogP contribution is 2.30. The zero-order chi connectivity index (χ0) is 20.4. The second-order valence-corrected chi connectivity index (χ2v) is 8.57. The van der Waals surface area contributed by atoms with Crippen molar-refractivity contribution in [2.45, 2.75) is 39.3 Å². The number of para-hydroxylation sites is 1. The normalized spacial score (nSPS) is 18.0. The van der Waals surface area contributed by atoms with Gasteiger partial charge in [-0.1, -0.05) is 24.2 Å². The summed E-state index contributed by atoms with van der Waals surface area (Å²) in [5.41, 5.74) is 1.07. The lowest BCUT2D eigenvalue weighted by Gasteiger charge is -2.40. The number of amides is 1. The molecule has 0 bridgehead atoms. The number of aromatic nitrogens is 2. The van der Waals surface area contributed by atoms with Crippen molar-refractivity contribution in [1.82, 2.24) is 19.9 Å². The van der Waals surface area contributed by atoms with E-state index in [4.69, 9.17) is 9.51 Å². The number of anilines is 1. The van der Waals surface area contributed by atoms with Crippen LogP contribution in [-0.2, 0) is 4.79 Å². The number of aryl methyl sites for hydroxylation is 1. The van der Waals surface area contributed by atoms with Crippen molar-refractivity contribution in [1.29, 1.82) is 0 Å². The summed E-state index contributed by atoms with van der Waals surface area (Å²) >= 11 is 1.77. The van der Waals surface area contributed by atoms with Crippen LogP contribution in [0.5, 0.6) is 0 Å². The summed E-state index contributed by atoms with van der Waals surface area (Å²) in [7, 11) is 0. The van der Waals surface area contributed by atoms with Gasteiger partial charge in [-0.3, -0.25) is 14.6 Å². The van der Waals surface area contributed by atoms with Gasteiger partial charge in [0.2, 0.25) is 5.91 Å². The number of rotatable bonds is 6. The molecule has 0 spiro atoms. The molecule has 3 aromatic rings. The second-order valence-electron chi connectivity index (χ2n) is 7.50. The van der Waals surface area contributed by atoms with E-state index in [-0.39, 0.29) is 18.0 Å². The molecule has 8 heteroatoms. The summed E-state index contributed by atoms with van der Waals surface area (Å²) in [6.45, 7) is 9.65. The van der Waals surface area contributed by atoms with Crippen LogP contribution >= 0.6 is 11.3 Å². The number of piperazine rings is 1. The molecule has 0 radical (unpaired) electrons. The van der Waals surface area contributed by atoms with Crippen LogP contribution in [0.1, 0.15) is 37.1 Å². The number of nitrogens with one attached hydrogen (secondary N) is 1. The third-order valence-electron chi connectivity index (χ3n) is 5.57. The molecule has 2 atom stereocenters. The lowest BCUT2D eigenvalue weighted by molar-refractivity contribution is -0.122. The number of hydrogen-bond donors (Lipinski definition) is 1. The van der Waals surface area contributed by atoms with Crippen LogP contribution in [0.25, 0.3) is 10.2 Å². The molecule has 7 nitrogen and oxygen atoms in total. The third-order valence-corrected chi connectivity index (χ3v) is 6.78. The van der Waals surface area contributed by atoms with Gasteiger partial charge >= 0.3 is 0 Å². The fourth-order valence-corrected chi connectivity index (χ4v) is 4.96. The summed E-state index contributed by atoms with van der Waals surface area (Å²) in [5.74, 6) is 1.15. The standard InChI is InChI=1S/C21H27N5O2S/c1-4-17(20(27)23-19-13-14(2)28-24-19)26-11-9-25(10-12-26)15(3)21-22-16-7-5-6-8-18(16)29-21/h5-8,13,15,17H,4,9-12H2,1-3H3,(H,23,24,27). The maximum Gasteiger partial charge on any atom is 0.242 e. The predicted octanol–water partition coefficient (Wildman–Crippen LogP) is 3.69. The minimum absolute atomic E-state index is 0.0199. The highest BCUT2D eigenvalue weighted by atomic mass is 32.1. The number of benzene rings is 1. The van der Waals surface area contributed by atoms with Crippen LogP contribution in [-0.4, -0.2) is 58.1 Å². The summed E-state index contributed by atoms with van der Waals surface area (Å²) in [6.07, 6.45) is 0.760. The number of carbonyl (C=O) groups excluding carboxylic acids is 1. The first-order valence-corrected chi connectivity index (χ1v) is 10.9. The second kappa shape index (κ2) is 8.61. The highest BCUT2D eigenvalue weighted by Gasteiger charge is 2.30. The van der Waals surface area contributed by atoms with Gasteiger partial charge in [0, 0.05) is 32.2 Å². The molecule has 1 fully saturated rings. The van der Waals surface area contributed by atoms with E-state index in [2.05, 4.69) is 52.3 Å². The summed E-state index contributed by atoms with van der Waals surface area (Å²) < 4.78 is 6.27. The topological polar surface area (TPSA) is 74.5 Å². The number of fused-ring (bicyclic) bond motifs is 1. The number of nitrogens with zero attached hydrogens (tertiary/aromatic N) is 4. The Bertz CT molecular complexity index is 943. The number of carbonyl (C=O) groups is 1. The molecule has 2 aromatic heterocycles. The van der Waals surface area contributed by atoms with Crippen LogP contribution < -0.4 is 5.32 Å². The molecule has 1 amide bonds. The first-order chi connectivity index (χ1) is 14.0. The lowest BCUT2D eigenvalue weighted by Crippen LogP contribution is -2.53. The van der Waals surface area contributed by atoms with Gasteiger partial charge in [-0.2, -0.15) is 0 Å². The van der Waals surface area contributed by atoms with E-state index in [1.165, 1.54) is 4.70 Å². The fourth-order valence-electron chi connectivity index (χ4n) is 3.91. The molecule has 4 rings (SSSR count). The monoisotopic (exact) mass is 413 g/mol. The van der Waals surface area contributed by atoms with E-state index in [9.17, 15) is 4.79 Å². The molecule has 1 aliphatic heterocycles.